The van der Waals surface area contributed by atoms with Crippen molar-refractivity contribution in [1.82, 2.24) is 10.6 Å². The standard InChI is InChI=1S/C9H18N2/c1-2-7-11-9(4-1)5-3-6-10-8-9/h10-11H,1-8H2. The molecule has 2 nitrogen and oxygen atoms in total. The van der Waals surface area contributed by atoms with E-state index < -0.39 is 0 Å². The second-order valence-electron chi connectivity index (χ2n) is 3.94. The lowest BCUT2D eigenvalue weighted by molar-refractivity contribution is 0.200. The van der Waals surface area contributed by atoms with Crippen LogP contribution < -0.4 is 10.6 Å². The van der Waals surface area contributed by atoms with Crippen molar-refractivity contribution in [1.29, 1.82) is 0 Å². The minimum atomic E-state index is 0.497. The van der Waals surface area contributed by atoms with Crippen molar-refractivity contribution in [2.75, 3.05) is 19.6 Å². The third-order valence-corrected chi connectivity index (χ3v) is 3.05. The van der Waals surface area contributed by atoms with Crippen LogP contribution in [0.3, 0.4) is 0 Å². The van der Waals surface area contributed by atoms with Gasteiger partial charge in [-0.1, -0.05) is 6.42 Å². The Kier molecular flexibility index (Phi) is 2.14. The van der Waals surface area contributed by atoms with Gasteiger partial charge >= 0.3 is 0 Å². The van der Waals surface area contributed by atoms with Gasteiger partial charge in [0.05, 0.1) is 0 Å². The molecular formula is C9H18N2. The highest BCUT2D eigenvalue weighted by Gasteiger charge is 2.32. The van der Waals surface area contributed by atoms with E-state index in [1.807, 2.05) is 0 Å². The predicted octanol–water partition coefficient (Wildman–Crippen LogP) is 0.882. The van der Waals surface area contributed by atoms with E-state index >= 15 is 0 Å². The minimum Gasteiger partial charge on any atom is -0.315 e. The van der Waals surface area contributed by atoms with Crippen LogP contribution in [-0.2, 0) is 0 Å². The van der Waals surface area contributed by atoms with E-state index in [-0.39, 0.29) is 0 Å². The molecule has 2 aliphatic heterocycles. The topological polar surface area (TPSA) is 24.1 Å². The van der Waals surface area contributed by atoms with Crippen LogP contribution in [0.25, 0.3) is 0 Å². The monoisotopic (exact) mass is 154 g/mol. The molecule has 1 unspecified atom stereocenters. The van der Waals surface area contributed by atoms with Gasteiger partial charge in [0.25, 0.3) is 0 Å². The summed E-state index contributed by atoms with van der Waals surface area (Å²) in [6.45, 7) is 3.66. The zero-order chi connectivity index (χ0) is 7.57. The van der Waals surface area contributed by atoms with Crippen molar-refractivity contribution >= 4 is 0 Å². The molecule has 2 aliphatic rings. The lowest BCUT2D eigenvalue weighted by Gasteiger charge is -2.41. The molecule has 0 radical (unpaired) electrons. The molecule has 1 spiro atoms. The summed E-state index contributed by atoms with van der Waals surface area (Å²) in [5.41, 5.74) is 0.497. The fourth-order valence-electron chi connectivity index (χ4n) is 2.36. The van der Waals surface area contributed by atoms with Crippen LogP contribution in [0.15, 0.2) is 0 Å². The first-order chi connectivity index (χ1) is 5.41. The number of hydrogen-bond acceptors (Lipinski definition) is 2. The maximum absolute atomic E-state index is 3.67. The maximum Gasteiger partial charge on any atom is 0.0306 e. The van der Waals surface area contributed by atoms with Gasteiger partial charge in [0, 0.05) is 12.1 Å². The van der Waals surface area contributed by atoms with Crippen LogP contribution in [0, 0.1) is 0 Å². The van der Waals surface area contributed by atoms with E-state index in [1.54, 1.807) is 0 Å². The van der Waals surface area contributed by atoms with E-state index in [0.717, 1.165) is 0 Å². The fraction of sp³-hybridized carbons (Fsp3) is 1.00. The lowest BCUT2D eigenvalue weighted by atomic mass is 9.83. The Bertz CT molecular complexity index is 102. The van der Waals surface area contributed by atoms with Crippen LogP contribution in [0.1, 0.15) is 32.1 Å². The van der Waals surface area contributed by atoms with Gasteiger partial charge in [-0.2, -0.15) is 0 Å². The number of hydrogen-bond donors (Lipinski definition) is 2. The molecule has 2 N–H and O–H groups in total. The molecule has 0 amide bonds. The summed E-state index contributed by atoms with van der Waals surface area (Å²) in [4.78, 5) is 0. The smallest absolute Gasteiger partial charge is 0.0306 e. The first-order valence-corrected chi connectivity index (χ1v) is 4.87. The highest BCUT2D eigenvalue weighted by molar-refractivity contribution is 4.95. The van der Waals surface area contributed by atoms with E-state index in [2.05, 4.69) is 10.6 Å². The molecule has 2 rings (SSSR count). The van der Waals surface area contributed by atoms with Crippen molar-refractivity contribution < 1.29 is 0 Å². The molecule has 11 heavy (non-hydrogen) atoms. The highest BCUT2D eigenvalue weighted by atomic mass is 15.1. The van der Waals surface area contributed by atoms with E-state index in [0.29, 0.717) is 5.54 Å². The quantitative estimate of drug-likeness (QED) is 0.541. The largest absolute Gasteiger partial charge is 0.315 e. The molecule has 0 aromatic heterocycles. The van der Waals surface area contributed by atoms with Gasteiger partial charge in [0.2, 0.25) is 0 Å². The molecule has 0 aromatic carbocycles. The molecule has 64 valence electrons. The summed E-state index contributed by atoms with van der Waals surface area (Å²) >= 11 is 0. The second-order valence-corrected chi connectivity index (χ2v) is 3.94. The zero-order valence-corrected chi connectivity index (χ0v) is 7.16. The molecular weight excluding hydrogens is 136 g/mol. The fourth-order valence-corrected chi connectivity index (χ4v) is 2.36. The third-order valence-electron chi connectivity index (χ3n) is 3.05. The first kappa shape index (κ1) is 7.56. The Morgan fingerprint density at radius 2 is 1.82 bits per heavy atom. The molecule has 2 fully saturated rings. The molecule has 1 atom stereocenters. The molecule has 2 heterocycles. The Labute approximate surface area is 68.7 Å². The summed E-state index contributed by atoms with van der Waals surface area (Å²) in [6.07, 6.45) is 6.93. The van der Waals surface area contributed by atoms with Crippen molar-refractivity contribution in [3.63, 3.8) is 0 Å². The van der Waals surface area contributed by atoms with Crippen LogP contribution in [0.4, 0.5) is 0 Å². The number of nitrogens with one attached hydrogen (secondary N) is 2. The lowest BCUT2D eigenvalue weighted by Crippen LogP contribution is -2.57. The summed E-state index contributed by atoms with van der Waals surface area (Å²) in [5, 5.41) is 7.15. The Balaban J connectivity index is 1.94. The van der Waals surface area contributed by atoms with Gasteiger partial charge in [-0.15, -0.1) is 0 Å². The van der Waals surface area contributed by atoms with Gasteiger partial charge in [-0.05, 0) is 38.8 Å². The SMILES string of the molecule is C1CCC2(CCCNC2)NC1. The van der Waals surface area contributed by atoms with E-state index in [1.165, 1.54) is 51.7 Å². The molecule has 0 saturated carbocycles. The van der Waals surface area contributed by atoms with Crippen LogP contribution >= 0.6 is 0 Å². The van der Waals surface area contributed by atoms with E-state index in [9.17, 15) is 0 Å². The van der Waals surface area contributed by atoms with Gasteiger partial charge < -0.3 is 10.6 Å². The first-order valence-electron chi connectivity index (χ1n) is 4.87. The van der Waals surface area contributed by atoms with Crippen molar-refractivity contribution in [3.8, 4) is 0 Å². The average Bonchev–Trinajstić information content (AvgIpc) is 2.07. The van der Waals surface area contributed by atoms with Gasteiger partial charge in [0.15, 0.2) is 0 Å². The molecule has 2 saturated heterocycles. The normalized spacial score (nSPS) is 39.3. The Morgan fingerprint density at radius 1 is 0.909 bits per heavy atom. The number of rotatable bonds is 0. The third kappa shape index (κ3) is 1.57. The van der Waals surface area contributed by atoms with Crippen LogP contribution in [0.2, 0.25) is 0 Å². The Morgan fingerprint density at radius 3 is 2.45 bits per heavy atom. The van der Waals surface area contributed by atoms with Gasteiger partial charge in [-0.3, -0.25) is 0 Å². The molecule has 2 heteroatoms. The van der Waals surface area contributed by atoms with Crippen molar-refractivity contribution in [2.45, 2.75) is 37.6 Å². The van der Waals surface area contributed by atoms with Gasteiger partial charge in [0.1, 0.15) is 0 Å². The second kappa shape index (κ2) is 3.11. The summed E-state index contributed by atoms with van der Waals surface area (Å²) in [5.74, 6) is 0. The maximum atomic E-state index is 3.67. The summed E-state index contributed by atoms with van der Waals surface area (Å²) in [7, 11) is 0. The van der Waals surface area contributed by atoms with Crippen LogP contribution in [-0.4, -0.2) is 25.2 Å². The summed E-state index contributed by atoms with van der Waals surface area (Å²) in [6, 6.07) is 0. The number of piperidine rings is 2. The summed E-state index contributed by atoms with van der Waals surface area (Å²) < 4.78 is 0. The van der Waals surface area contributed by atoms with Crippen molar-refractivity contribution in [2.24, 2.45) is 0 Å². The highest BCUT2D eigenvalue weighted by Crippen LogP contribution is 2.25. The average molecular weight is 154 g/mol. The molecule has 0 bridgehead atoms. The Hall–Kier alpha value is -0.0800. The molecule has 0 aliphatic carbocycles. The van der Waals surface area contributed by atoms with Crippen LogP contribution in [0.5, 0.6) is 0 Å². The zero-order valence-electron chi connectivity index (χ0n) is 7.16. The molecule has 0 aromatic rings. The van der Waals surface area contributed by atoms with Gasteiger partial charge in [-0.25, -0.2) is 0 Å². The van der Waals surface area contributed by atoms with E-state index in [4.69, 9.17) is 0 Å². The van der Waals surface area contributed by atoms with Crippen molar-refractivity contribution in [3.05, 3.63) is 0 Å². The predicted molar refractivity (Wildman–Crippen MR) is 46.7 cm³/mol. The minimum absolute atomic E-state index is 0.497.